The standard InChI is InChI=1S/C32H50N2O2/c1-30-10-8-26-24(5-7-27-31(26,2)11-9-29(36)34(27)3)25(30)6-4-23(30)19-33-28(35)18-32-15-20-12-21(16-32)14-22(13-20)17-32/h20-27H,4-19H2,1-3H3,(H,33,35)/t20?,21?,22?,23-,24+,25+,26+,27-,30-,31-,32?/m1/s1. The predicted octanol–water partition coefficient (Wildman–Crippen LogP) is 6.19. The summed E-state index contributed by atoms with van der Waals surface area (Å²) < 4.78 is 0. The van der Waals surface area contributed by atoms with Crippen LogP contribution in [0.4, 0.5) is 0 Å². The number of nitrogens with one attached hydrogen (secondary N) is 1. The molecule has 4 bridgehead atoms. The molecule has 0 radical (unpaired) electrons. The van der Waals surface area contributed by atoms with E-state index in [-0.39, 0.29) is 0 Å². The van der Waals surface area contributed by atoms with Crippen LogP contribution >= 0.6 is 0 Å². The number of rotatable bonds is 4. The van der Waals surface area contributed by atoms with Gasteiger partial charge >= 0.3 is 0 Å². The van der Waals surface area contributed by atoms with E-state index in [1.54, 1.807) is 0 Å². The first kappa shape index (κ1) is 24.0. The highest BCUT2D eigenvalue weighted by Gasteiger charge is 2.61. The Bertz CT molecular complexity index is 894. The number of hydrogen-bond acceptors (Lipinski definition) is 2. The Balaban J connectivity index is 0.998. The number of amides is 2. The van der Waals surface area contributed by atoms with Crippen LogP contribution in [0.2, 0.25) is 0 Å². The fourth-order valence-corrected chi connectivity index (χ4v) is 12.7. The molecule has 0 aromatic carbocycles. The molecule has 0 aromatic rings. The van der Waals surface area contributed by atoms with Crippen LogP contribution in [-0.4, -0.2) is 36.3 Å². The van der Waals surface area contributed by atoms with Gasteiger partial charge in [0, 0.05) is 32.5 Å². The Labute approximate surface area is 219 Å². The fraction of sp³-hybridized carbons (Fsp3) is 0.938. The molecule has 2 amide bonds. The highest BCUT2D eigenvalue weighted by molar-refractivity contribution is 5.77. The predicted molar refractivity (Wildman–Crippen MR) is 142 cm³/mol. The zero-order chi connectivity index (χ0) is 24.9. The van der Waals surface area contributed by atoms with Crippen LogP contribution in [0.5, 0.6) is 0 Å². The molecule has 7 atom stereocenters. The number of carbonyl (C=O) groups excluding carboxylic acids is 2. The summed E-state index contributed by atoms with van der Waals surface area (Å²) in [7, 11) is 2.06. The third-order valence-electron chi connectivity index (χ3n) is 14.0. The summed E-state index contributed by atoms with van der Waals surface area (Å²) in [6, 6.07) is 0.449. The van der Waals surface area contributed by atoms with E-state index in [2.05, 4.69) is 31.1 Å². The van der Waals surface area contributed by atoms with Crippen molar-refractivity contribution in [2.45, 2.75) is 116 Å². The van der Waals surface area contributed by atoms with Crippen LogP contribution in [-0.2, 0) is 9.59 Å². The molecule has 7 aliphatic carbocycles. The Morgan fingerprint density at radius 2 is 1.56 bits per heavy atom. The van der Waals surface area contributed by atoms with Crippen molar-refractivity contribution in [1.29, 1.82) is 0 Å². The molecule has 8 fully saturated rings. The number of likely N-dealkylation sites (tertiary alicyclic amines) is 1. The lowest BCUT2D eigenvalue weighted by atomic mass is 9.47. The molecular weight excluding hydrogens is 444 g/mol. The summed E-state index contributed by atoms with van der Waals surface area (Å²) >= 11 is 0. The lowest BCUT2D eigenvalue weighted by Gasteiger charge is -2.61. The van der Waals surface area contributed by atoms with Gasteiger partial charge in [-0.3, -0.25) is 9.59 Å². The zero-order valence-electron chi connectivity index (χ0n) is 23.2. The average Bonchev–Trinajstić information content (AvgIpc) is 3.15. The van der Waals surface area contributed by atoms with Crippen molar-refractivity contribution in [1.82, 2.24) is 10.2 Å². The fourth-order valence-electron chi connectivity index (χ4n) is 12.7. The van der Waals surface area contributed by atoms with Crippen LogP contribution in [0, 0.1) is 57.7 Å². The Kier molecular flexibility index (Phi) is 5.48. The van der Waals surface area contributed by atoms with E-state index in [4.69, 9.17) is 0 Å². The first-order valence-electron chi connectivity index (χ1n) is 15.7. The van der Waals surface area contributed by atoms with Gasteiger partial charge in [0.05, 0.1) is 0 Å². The van der Waals surface area contributed by atoms with E-state index in [0.29, 0.717) is 40.0 Å². The van der Waals surface area contributed by atoms with Crippen molar-refractivity contribution < 1.29 is 9.59 Å². The number of piperidine rings is 1. The second kappa shape index (κ2) is 8.22. The lowest BCUT2D eigenvalue weighted by Crippen LogP contribution is -2.61. The molecule has 8 rings (SSSR count). The maximum absolute atomic E-state index is 13.3. The molecule has 8 aliphatic rings. The number of fused-ring (bicyclic) bond motifs is 5. The van der Waals surface area contributed by atoms with Crippen LogP contribution < -0.4 is 5.32 Å². The van der Waals surface area contributed by atoms with E-state index < -0.39 is 0 Å². The molecule has 4 nitrogen and oxygen atoms in total. The highest BCUT2D eigenvalue weighted by atomic mass is 16.2. The first-order chi connectivity index (χ1) is 17.2. The first-order valence-corrected chi connectivity index (χ1v) is 15.7. The normalized spacial score (nSPS) is 53.1. The summed E-state index contributed by atoms with van der Waals surface area (Å²) in [5.74, 6) is 6.54. The molecule has 200 valence electrons. The third-order valence-corrected chi connectivity index (χ3v) is 14.0. The monoisotopic (exact) mass is 494 g/mol. The molecule has 36 heavy (non-hydrogen) atoms. The van der Waals surface area contributed by atoms with Crippen LogP contribution in [0.1, 0.15) is 110 Å². The molecular formula is C32H50N2O2. The topological polar surface area (TPSA) is 49.4 Å². The number of carbonyl (C=O) groups is 2. The van der Waals surface area contributed by atoms with E-state index in [0.717, 1.165) is 61.3 Å². The van der Waals surface area contributed by atoms with Crippen molar-refractivity contribution in [3.05, 3.63) is 0 Å². The van der Waals surface area contributed by atoms with Gasteiger partial charge in [0.15, 0.2) is 0 Å². The van der Waals surface area contributed by atoms with Gasteiger partial charge in [-0.05, 0) is 141 Å². The molecule has 0 aromatic heterocycles. The minimum atomic E-state index is 0.303. The van der Waals surface area contributed by atoms with Crippen molar-refractivity contribution >= 4 is 11.8 Å². The third kappa shape index (κ3) is 3.50. The maximum atomic E-state index is 13.3. The van der Waals surface area contributed by atoms with Gasteiger partial charge in [0.25, 0.3) is 0 Å². The second-order valence-corrected chi connectivity index (χ2v) is 15.7. The van der Waals surface area contributed by atoms with Crippen molar-refractivity contribution in [2.24, 2.45) is 57.7 Å². The Morgan fingerprint density at radius 1 is 0.889 bits per heavy atom. The summed E-state index contributed by atoms with van der Waals surface area (Å²) in [5, 5.41) is 3.51. The molecule has 4 heteroatoms. The minimum absolute atomic E-state index is 0.303. The zero-order valence-corrected chi connectivity index (χ0v) is 23.2. The van der Waals surface area contributed by atoms with Crippen LogP contribution in [0.15, 0.2) is 0 Å². The van der Waals surface area contributed by atoms with Gasteiger partial charge in [-0.15, -0.1) is 0 Å². The van der Waals surface area contributed by atoms with Gasteiger partial charge in [-0.2, -0.15) is 0 Å². The van der Waals surface area contributed by atoms with Crippen LogP contribution in [0.25, 0.3) is 0 Å². The summed E-state index contributed by atoms with van der Waals surface area (Å²) in [6.45, 7) is 6.02. The van der Waals surface area contributed by atoms with Crippen molar-refractivity contribution in [3.63, 3.8) is 0 Å². The quantitative estimate of drug-likeness (QED) is 0.507. The molecule has 1 N–H and O–H groups in total. The molecule has 1 heterocycles. The molecule has 0 unspecified atom stereocenters. The van der Waals surface area contributed by atoms with E-state index >= 15 is 0 Å². The summed E-state index contributed by atoms with van der Waals surface area (Å²) in [4.78, 5) is 27.9. The smallest absolute Gasteiger partial charge is 0.222 e. The molecule has 0 spiro atoms. The van der Waals surface area contributed by atoms with E-state index in [1.807, 2.05) is 0 Å². The van der Waals surface area contributed by atoms with Crippen LogP contribution in [0.3, 0.4) is 0 Å². The van der Waals surface area contributed by atoms with Gasteiger partial charge in [-0.1, -0.05) is 13.8 Å². The lowest BCUT2D eigenvalue weighted by molar-refractivity contribution is -0.158. The van der Waals surface area contributed by atoms with Gasteiger partial charge in [-0.25, -0.2) is 0 Å². The van der Waals surface area contributed by atoms with Gasteiger partial charge in [0.2, 0.25) is 11.8 Å². The number of hydrogen-bond donors (Lipinski definition) is 1. The highest BCUT2D eigenvalue weighted by Crippen LogP contribution is 2.66. The maximum Gasteiger partial charge on any atom is 0.222 e. The summed E-state index contributed by atoms with van der Waals surface area (Å²) in [6.07, 6.45) is 18.8. The molecule has 1 saturated heterocycles. The van der Waals surface area contributed by atoms with E-state index in [9.17, 15) is 9.59 Å². The Morgan fingerprint density at radius 3 is 2.25 bits per heavy atom. The SMILES string of the molecule is CN1C(=O)CC[C@]2(C)[C@H]3CC[C@]4(C)[C@@H](CNC(=O)CC56CC7CC(CC(C7)C5)C6)CC[C@H]4[C@@H]3CC[C@@H]12. The average molecular weight is 495 g/mol. The largest absolute Gasteiger partial charge is 0.356 e. The van der Waals surface area contributed by atoms with Gasteiger partial charge in [0.1, 0.15) is 0 Å². The van der Waals surface area contributed by atoms with Gasteiger partial charge < -0.3 is 10.2 Å². The summed E-state index contributed by atoms with van der Waals surface area (Å²) in [5.41, 5.74) is 1.04. The van der Waals surface area contributed by atoms with E-state index in [1.165, 1.54) is 77.0 Å². The van der Waals surface area contributed by atoms with Crippen molar-refractivity contribution in [2.75, 3.05) is 13.6 Å². The minimum Gasteiger partial charge on any atom is -0.356 e. The second-order valence-electron chi connectivity index (χ2n) is 15.7. The Hall–Kier alpha value is -1.06. The molecule has 1 aliphatic heterocycles. The number of nitrogens with zero attached hydrogens (tertiary/aromatic N) is 1. The molecule has 7 saturated carbocycles. The van der Waals surface area contributed by atoms with Crippen molar-refractivity contribution in [3.8, 4) is 0 Å².